The number of nitrogens with zero attached hydrogens (tertiary/aromatic N) is 4. The van der Waals surface area contributed by atoms with Gasteiger partial charge in [-0.25, -0.2) is 13.1 Å². The van der Waals surface area contributed by atoms with Crippen LogP contribution in [-0.2, 0) is 29.4 Å². The van der Waals surface area contributed by atoms with Crippen LogP contribution in [0.15, 0.2) is 52.3 Å². The Labute approximate surface area is 162 Å². The second-order valence-electron chi connectivity index (χ2n) is 7.51. The van der Waals surface area contributed by atoms with E-state index in [2.05, 4.69) is 10.1 Å². The molecule has 1 aliphatic heterocycles. The molecule has 1 saturated heterocycles. The molecule has 1 aromatic carbocycles. The third kappa shape index (κ3) is 2.84. The number of aromatic nitrogens is 3. The fourth-order valence-electron chi connectivity index (χ4n) is 4.07. The Morgan fingerprint density at radius 2 is 1.93 bits per heavy atom. The maximum Gasteiger partial charge on any atom is 0.267 e. The maximum atomic E-state index is 13.0. The van der Waals surface area contributed by atoms with E-state index < -0.39 is 10.0 Å². The summed E-state index contributed by atoms with van der Waals surface area (Å²) >= 11 is 0. The SMILES string of the molecule is O=c1cc2c(nn1CC1CN(S(=O)(=O)c3cccc4cccnc34)C1)CCC2. The predicted octanol–water partition coefficient (Wildman–Crippen LogP) is 1.60. The molecule has 0 saturated carbocycles. The predicted molar refractivity (Wildman–Crippen MR) is 105 cm³/mol. The molecule has 144 valence electrons. The van der Waals surface area contributed by atoms with Crippen molar-refractivity contribution in [3.8, 4) is 0 Å². The van der Waals surface area contributed by atoms with Crippen LogP contribution in [0.5, 0.6) is 0 Å². The number of rotatable bonds is 4. The van der Waals surface area contributed by atoms with E-state index in [1.807, 2.05) is 12.1 Å². The van der Waals surface area contributed by atoms with E-state index in [0.29, 0.717) is 25.2 Å². The van der Waals surface area contributed by atoms with Crippen LogP contribution in [0.1, 0.15) is 17.7 Å². The average molecular weight is 396 g/mol. The smallest absolute Gasteiger partial charge is 0.267 e. The van der Waals surface area contributed by atoms with E-state index in [4.69, 9.17) is 0 Å². The Bertz CT molecular complexity index is 1220. The van der Waals surface area contributed by atoms with Crippen LogP contribution in [0.25, 0.3) is 10.9 Å². The summed E-state index contributed by atoms with van der Waals surface area (Å²) in [6.07, 6.45) is 4.48. The van der Waals surface area contributed by atoms with Crippen LogP contribution in [0, 0.1) is 5.92 Å². The van der Waals surface area contributed by atoms with E-state index in [1.165, 1.54) is 8.99 Å². The molecule has 0 amide bonds. The summed E-state index contributed by atoms with van der Waals surface area (Å²) in [5.74, 6) is 0.0855. The van der Waals surface area contributed by atoms with Crippen LogP contribution >= 0.6 is 0 Å². The number of pyridine rings is 1. The molecule has 2 aliphatic rings. The number of hydrogen-bond acceptors (Lipinski definition) is 5. The molecule has 5 rings (SSSR count). The lowest BCUT2D eigenvalue weighted by molar-refractivity contribution is 0.172. The Morgan fingerprint density at radius 3 is 2.79 bits per heavy atom. The first-order valence-electron chi connectivity index (χ1n) is 9.46. The highest BCUT2D eigenvalue weighted by Gasteiger charge is 2.38. The molecule has 8 heteroatoms. The van der Waals surface area contributed by atoms with Gasteiger partial charge in [0.2, 0.25) is 10.0 Å². The molecule has 2 aromatic heterocycles. The standard InChI is InChI=1S/C20H20N4O3S/c25-19-10-16-5-1-7-17(16)22-24(19)13-14-11-23(12-14)28(26,27)18-8-2-4-15-6-3-9-21-20(15)18/h2-4,6,8-10,14H,1,5,7,11-13H2. The van der Waals surface area contributed by atoms with Crippen molar-refractivity contribution >= 4 is 20.9 Å². The molecule has 0 bridgehead atoms. The first-order chi connectivity index (χ1) is 13.5. The summed E-state index contributed by atoms with van der Waals surface area (Å²) in [7, 11) is -3.61. The molecule has 0 N–H and O–H groups in total. The molecule has 1 aliphatic carbocycles. The van der Waals surface area contributed by atoms with Crippen LogP contribution < -0.4 is 5.56 Å². The van der Waals surface area contributed by atoms with Crippen LogP contribution in [0.2, 0.25) is 0 Å². The van der Waals surface area contributed by atoms with Gasteiger partial charge in [0.1, 0.15) is 4.90 Å². The van der Waals surface area contributed by atoms with Crippen LogP contribution in [-0.4, -0.2) is 40.6 Å². The Kier molecular flexibility index (Phi) is 4.06. The molecular formula is C20H20N4O3S. The summed E-state index contributed by atoms with van der Waals surface area (Å²) in [6, 6.07) is 10.5. The van der Waals surface area contributed by atoms with Gasteiger partial charge in [-0.05, 0) is 37.0 Å². The quantitative estimate of drug-likeness (QED) is 0.669. The molecular weight excluding hydrogens is 376 g/mol. The Balaban J connectivity index is 1.35. The zero-order valence-corrected chi connectivity index (χ0v) is 16.1. The Hall–Kier alpha value is -2.58. The van der Waals surface area contributed by atoms with Gasteiger partial charge in [-0.1, -0.05) is 18.2 Å². The highest BCUT2D eigenvalue weighted by atomic mass is 32.2. The molecule has 0 radical (unpaired) electrons. The fraction of sp³-hybridized carbons (Fsp3) is 0.350. The molecule has 3 heterocycles. The van der Waals surface area contributed by atoms with Crippen molar-refractivity contribution in [3.05, 3.63) is 64.2 Å². The van der Waals surface area contributed by atoms with Gasteiger partial charge in [0.05, 0.1) is 17.8 Å². The van der Waals surface area contributed by atoms with E-state index in [1.54, 1.807) is 30.5 Å². The van der Waals surface area contributed by atoms with Crippen molar-refractivity contribution in [3.63, 3.8) is 0 Å². The first kappa shape index (κ1) is 17.5. The van der Waals surface area contributed by atoms with Crippen molar-refractivity contribution in [1.82, 2.24) is 19.1 Å². The maximum absolute atomic E-state index is 13.0. The van der Waals surface area contributed by atoms with Crippen molar-refractivity contribution < 1.29 is 8.42 Å². The number of sulfonamides is 1. The number of fused-ring (bicyclic) bond motifs is 2. The zero-order valence-electron chi connectivity index (χ0n) is 15.3. The van der Waals surface area contributed by atoms with Gasteiger partial charge >= 0.3 is 0 Å². The van der Waals surface area contributed by atoms with E-state index in [9.17, 15) is 13.2 Å². The summed E-state index contributed by atoms with van der Waals surface area (Å²) in [5.41, 5.74) is 2.46. The molecule has 3 aromatic rings. The summed E-state index contributed by atoms with van der Waals surface area (Å²) in [5, 5.41) is 5.29. The third-order valence-corrected chi connectivity index (χ3v) is 7.46. The number of aryl methyl sites for hydroxylation is 2. The molecule has 0 spiro atoms. The summed E-state index contributed by atoms with van der Waals surface area (Å²) in [4.78, 5) is 16.8. The molecule has 0 atom stereocenters. The summed E-state index contributed by atoms with van der Waals surface area (Å²) in [6.45, 7) is 1.22. The number of para-hydroxylation sites is 1. The van der Waals surface area contributed by atoms with Gasteiger partial charge in [-0.3, -0.25) is 9.78 Å². The van der Waals surface area contributed by atoms with Crippen molar-refractivity contribution in [2.75, 3.05) is 13.1 Å². The van der Waals surface area contributed by atoms with Gasteiger partial charge < -0.3 is 0 Å². The van der Waals surface area contributed by atoms with Crippen molar-refractivity contribution in [1.29, 1.82) is 0 Å². The van der Waals surface area contributed by atoms with Gasteiger partial charge in [-0.2, -0.15) is 9.40 Å². The number of benzene rings is 1. The van der Waals surface area contributed by atoms with Gasteiger partial charge in [0, 0.05) is 36.7 Å². The highest BCUT2D eigenvalue weighted by molar-refractivity contribution is 7.89. The van der Waals surface area contributed by atoms with E-state index >= 15 is 0 Å². The minimum atomic E-state index is -3.61. The minimum absolute atomic E-state index is 0.0855. The highest BCUT2D eigenvalue weighted by Crippen LogP contribution is 2.29. The normalized spacial score (nSPS) is 17.6. The second-order valence-corrected chi connectivity index (χ2v) is 9.42. The number of hydrogen-bond donors (Lipinski definition) is 0. The largest absolute Gasteiger partial charge is 0.268 e. The molecule has 1 fully saturated rings. The topological polar surface area (TPSA) is 85.2 Å². The van der Waals surface area contributed by atoms with Crippen molar-refractivity contribution in [2.24, 2.45) is 5.92 Å². The van der Waals surface area contributed by atoms with Gasteiger partial charge in [0.25, 0.3) is 5.56 Å². The lowest BCUT2D eigenvalue weighted by Gasteiger charge is -2.38. The van der Waals surface area contributed by atoms with E-state index in [-0.39, 0.29) is 16.4 Å². The monoisotopic (exact) mass is 396 g/mol. The first-order valence-corrected chi connectivity index (χ1v) is 10.9. The van der Waals surface area contributed by atoms with E-state index in [0.717, 1.165) is 35.9 Å². The third-order valence-electron chi connectivity index (χ3n) is 5.59. The van der Waals surface area contributed by atoms with Gasteiger partial charge in [-0.15, -0.1) is 0 Å². The summed E-state index contributed by atoms with van der Waals surface area (Å²) < 4.78 is 29.1. The van der Waals surface area contributed by atoms with Crippen LogP contribution in [0.4, 0.5) is 0 Å². The molecule has 7 nitrogen and oxygen atoms in total. The Morgan fingerprint density at radius 1 is 1.11 bits per heavy atom. The molecule has 28 heavy (non-hydrogen) atoms. The fourth-order valence-corrected chi connectivity index (χ4v) is 5.83. The lowest BCUT2D eigenvalue weighted by atomic mass is 10.0. The zero-order chi connectivity index (χ0) is 19.3. The molecule has 0 unspecified atom stereocenters. The lowest BCUT2D eigenvalue weighted by Crippen LogP contribution is -2.52. The average Bonchev–Trinajstić information content (AvgIpc) is 3.10. The minimum Gasteiger partial charge on any atom is -0.268 e. The van der Waals surface area contributed by atoms with Crippen LogP contribution in [0.3, 0.4) is 0 Å². The van der Waals surface area contributed by atoms with Gasteiger partial charge in [0.15, 0.2) is 0 Å². The van der Waals surface area contributed by atoms with Crippen molar-refractivity contribution in [2.45, 2.75) is 30.7 Å². The second kappa shape index (κ2) is 6.49.